The standard InChI is InChI=1S/C25H33N7O2/c1-18(2)19-6-8-21(9-7-19)28-25(33)32-23(26)29-24(30-32)27-20-10-12-22(13-11-20)34-17-16-31-14-4-3-5-15-31/h6-13,18H,3-5,14-17H2,1-2H3,(H,28,33)(H3,26,27,29,30). The molecule has 0 bridgehead atoms. The maximum atomic E-state index is 12.6. The van der Waals surface area contributed by atoms with Crippen LogP contribution in [0.1, 0.15) is 44.6 Å². The van der Waals surface area contributed by atoms with Crippen LogP contribution in [0.2, 0.25) is 0 Å². The highest BCUT2D eigenvalue weighted by Gasteiger charge is 2.15. The Kier molecular flexibility index (Phi) is 7.64. The third-order valence-corrected chi connectivity index (χ3v) is 5.89. The maximum absolute atomic E-state index is 12.6. The zero-order valence-electron chi connectivity index (χ0n) is 19.8. The minimum Gasteiger partial charge on any atom is -0.492 e. The number of carbonyl (C=O) groups excluding carboxylic acids is 1. The number of nitrogens with two attached hydrogens (primary N) is 1. The van der Waals surface area contributed by atoms with Crippen LogP contribution in [0.3, 0.4) is 0 Å². The number of nitrogen functional groups attached to an aromatic ring is 1. The Labute approximate surface area is 200 Å². The number of benzene rings is 2. The molecule has 2 heterocycles. The Morgan fingerprint density at radius 1 is 1.03 bits per heavy atom. The van der Waals surface area contributed by atoms with Gasteiger partial charge in [0.1, 0.15) is 12.4 Å². The van der Waals surface area contributed by atoms with Crippen molar-refractivity contribution in [2.45, 2.75) is 39.0 Å². The average molecular weight is 464 g/mol. The summed E-state index contributed by atoms with van der Waals surface area (Å²) >= 11 is 0. The average Bonchev–Trinajstić information content (AvgIpc) is 3.21. The van der Waals surface area contributed by atoms with Gasteiger partial charge in [0.25, 0.3) is 0 Å². The topological polar surface area (TPSA) is 110 Å². The molecule has 34 heavy (non-hydrogen) atoms. The zero-order chi connectivity index (χ0) is 23.9. The molecule has 9 nitrogen and oxygen atoms in total. The number of hydrogen-bond donors (Lipinski definition) is 3. The molecule has 1 aliphatic rings. The van der Waals surface area contributed by atoms with E-state index in [1.807, 2.05) is 48.5 Å². The Hall–Kier alpha value is -3.59. The van der Waals surface area contributed by atoms with Crippen LogP contribution in [0.25, 0.3) is 0 Å². The fourth-order valence-corrected chi connectivity index (χ4v) is 3.89. The number of nitrogens with one attached hydrogen (secondary N) is 2. The van der Waals surface area contributed by atoms with Gasteiger partial charge in [-0.3, -0.25) is 4.90 Å². The van der Waals surface area contributed by atoms with E-state index in [-0.39, 0.29) is 11.9 Å². The number of nitrogens with zero attached hydrogens (tertiary/aromatic N) is 4. The van der Waals surface area contributed by atoms with Gasteiger partial charge < -0.3 is 21.1 Å². The minimum absolute atomic E-state index is 0.00327. The second kappa shape index (κ2) is 11.0. The van der Waals surface area contributed by atoms with E-state index in [0.29, 0.717) is 18.2 Å². The van der Waals surface area contributed by atoms with E-state index in [1.54, 1.807) is 0 Å². The molecule has 4 rings (SSSR count). The quantitative estimate of drug-likeness (QED) is 0.445. The van der Waals surface area contributed by atoms with Crippen molar-refractivity contribution in [1.29, 1.82) is 0 Å². The third kappa shape index (κ3) is 6.26. The number of ether oxygens (including phenoxy) is 1. The summed E-state index contributed by atoms with van der Waals surface area (Å²) in [5, 5.41) is 10.1. The summed E-state index contributed by atoms with van der Waals surface area (Å²) in [6.07, 6.45) is 3.89. The van der Waals surface area contributed by atoms with Crippen LogP contribution in [0.4, 0.5) is 28.1 Å². The summed E-state index contributed by atoms with van der Waals surface area (Å²) in [6, 6.07) is 14.8. The number of hydrogen-bond acceptors (Lipinski definition) is 7. The highest BCUT2D eigenvalue weighted by molar-refractivity contribution is 5.92. The molecule has 0 atom stereocenters. The van der Waals surface area contributed by atoms with Crippen LogP contribution in [0, 0.1) is 0 Å². The summed E-state index contributed by atoms with van der Waals surface area (Å²) < 4.78 is 6.91. The Balaban J connectivity index is 1.29. The van der Waals surface area contributed by atoms with Crippen LogP contribution in [-0.2, 0) is 0 Å². The highest BCUT2D eigenvalue weighted by atomic mass is 16.5. The van der Waals surface area contributed by atoms with Crippen molar-refractivity contribution in [1.82, 2.24) is 19.7 Å². The fourth-order valence-electron chi connectivity index (χ4n) is 3.89. The van der Waals surface area contributed by atoms with E-state index in [0.717, 1.165) is 35.8 Å². The van der Waals surface area contributed by atoms with Gasteiger partial charge in [-0.05, 0) is 73.8 Å². The molecule has 2 aromatic carbocycles. The Morgan fingerprint density at radius 2 is 1.71 bits per heavy atom. The van der Waals surface area contributed by atoms with Crippen molar-refractivity contribution in [3.05, 3.63) is 54.1 Å². The van der Waals surface area contributed by atoms with E-state index in [4.69, 9.17) is 10.5 Å². The molecular formula is C25H33N7O2. The summed E-state index contributed by atoms with van der Waals surface area (Å²) in [4.78, 5) is 19.2. The molecule has 1 fully saturated rings. The van der Waals surface area contributed by atoms with Gasteiger partial charge in [0.15, 0.2) is 0 Å². The van der Waals surface area contributed by atoms with E-state index in [1.165, 1.54) is 24.8 Å². The number of carbonyl (C=O) groups is 1. The first kappa shape index (κ1) is 23.6. The fraction of sp³-hybridized carbons (Fsp3) is 0.400. The van der Waals surface area contributed by atoms with Crippen molar-refractivity contribution in [3.8, 4) is 5.75 Å². The molecular weight excluding hydrogens is 430 g/mol. The third-order valence-electron chi connectivity index (χ3n) is 5.89. The van der Waals surface area contributed by atoms with E-state index >= 15 is 0 Å². The lowest BCUT2D eigenvalue weighted by atomic mass is 10.0. The molecule has 3 aromatic rings. The van der Waals surface area contributed by atoms with Gasteiger partial charge in [-0.25, -0.2) is 4.79 Å². The lowest BCUT2D eigenvalue weighted by Gasteiger charge is -2.26. The van der Waals surface area contributed by atoms with Crippen molar-refractivity contribution < 1.29 is 9.53 Å². The predicted molar refractivity (Wildman–Crippen MR) is 135 cm³/mol. The van der Waals surface area contributed by atoms with Crippen LogP contribution in [-0.4, -0.2) is 51.9 Å². The van der Waals surface area contributed by atoms with Crippen molar-refractivity contribution in [2.75, 3.05) is 42.6 Å². The first-order valence-electron chi connectivity index (χ1n) is 11.8. The van der Waals surface area contributed by atoms with Gasteiger partial charge in [0, 0.05) is 17.9 Å². The smallest absolute Gasteiger partial charge is 0.349 e. The SMILES string of the molecule is CC(C)c1ccc(NC(=O)n2nc(Nc3ccc(OCCN4CCCCC4)cc3)nc2N)cc1. The molecule has 9 heteroatoms. The van der Waals surface area contributed by atoms with E-state index < -0.39 is 6.03 Å². The molecule has 1 aromatic heterocycles. The molecule has 1 saturated heterocycles. The van der Waals surface area contributed by atoms with Gasteiger partial charge in [-0.1, -0.05) is 32.4 Å². The summed E-state index contributed by atoms with van der Waals surface area (Å²) in [7, 11) is 0. The van der Waals surface area contributed by atoms with Gasteiger partial charge in [0.05, 0.1) is 0 Å². The van der Waals surface area contributed by atoms with Gasteiger partial charge in [-0.2, -0.15) is 4.98 Å². The monoisotopic (exact) mass is 463 g/mol. The zero-order valence-corrected chi connectivity index (χ0v) is 19.8. The van der Waals surface area contributed by atoms with E-state index in [2.05, 4.69) is 39.5 Å². The highest BCUT2D eigenvalue weighted by Crippen LogP contribution is 2.20. The molecule has 1 aliphatic heterocycles. The second-order valence-corrected chi connectivity index (χ2v) is 8.81. The number of anilines is 4. The number of rotatable bonds is 8. The Morgan fingerprint density at radius 3 is 2.38 bits per heavy atom. The number of aromatic nitrogens is 3. The second-order valence-electron chi connectivity index (χ2n) is 8.81. The molecule has 4 N–H and O–H groups in total. The summed E-state index contributed by atoms with van der Waals surface area (Å²) in [6.45, 7) is 8.19. The van der Waals surface area contributed by atoms with Crippen molar-refractivity contribution in [2.24, 2.45) is 0 Å². The van der Waals surface area contributed by atoms with E-state index in [9.17, 15) is 4.79 Å². The van der Waals surface area contributed by atoms with Crippen molar-refractivity contribution in [3.63, 3.8) is 0 Å². The van der Waals surface area contributed by atoms with Crippen LogP contribution < -0.4 is 21.1 Å². The minimum atomic E-state index is -0.479. The summed E-state index contributed by atoms with van der Waals surface area (Å²) in [5.41, 5.74) is 8.55. The van der Waals surface area contributed by atoms with Crippen molar-refractivity contribution >= 4 is 29.3 Å². The normalized spacial score (nSPS) is 14.2. The number of piperidine rings is 1. The lowest BCUT2D eigenvalue weighted by molar-refractivity contribution is 0.183. The Bertz CT molecular complexity index is 1070. The maximum Gasteiger partial charge on any atom is 0.349 e. The van der Waals surface area contributed by atoms with Crippen LogP contribution >= 0.6 is 0 Å². The largest absolute Gasteiger partial charge is 0.492 e. The number of likely N-dealkylation sites (tertiary alicyclic amines) is 1. The predicted octanol–water partition coefficient (Wildman–Crippen LogP) is 4.67. The van der Waals surface area contributed by atoms with Crippen LogP contribution in [0.15, 0.2) is 48.5 Å². The van der Waals surface area contributed by atoms with Gasteiger partial charge in [0.2, 0.25) is 11.9 Å². The first-order chi connectivity index (χ1) is 16.5. The molecule has 0 radical (unpaired) electrons. The summed E-state index contributed by atoms with van der Waals surface area (Å²) in [5.74, 6) is 1.46. The molecule has 180 valence electrons. The number of amides is 1. The van der Waals surface area contributed by atoms with Crippen LogP contribution in [0.5, 0.6) is 5.75 Å². The molecule has 0 unspecified atom stereocenters. The lowest BCUT2D eigenvalue weighted by Crippen LogP contribution is -2.33. The first-order valence-corrected chi connectivity index (χ1v) is 11.8. The molecule has 0 aliphatic carbocycles. The van der Waals surface area contributed by atoms with Gasteiger partial charge in [-0.15, -0.1) is 9.78 Å². The van der Waals surface area contributed by atoms with Gasteiger partial charge >= 0.3 is 6.03 Å². The molecule has 0 saturated carbocycles. The molecule has 1 amide bonds. The molecule has 0 spiro atoms.